The van der Waals surface area contributed by atoms with E-state index in [1.165, 1.54) is 11.3 Å². The van der Waals surface area contributed by atoms with Gasteiger partial charge in [-0.3, -0.25) is 0 Å². The van der Waals surface area contributed by atoms with E-state index in [0.29, 0.717) is 29.4 Å². The van der Waals surface area contributed by atoms with Gasteiger partial charge in [-0.1, -0.05) is 0 Å². The zero-order chi connectivity index (χ0) is 21.1. The van der Waals surface area contributed by atoms with Gasteiger partial charge in [0.1, 0.15) is 17.3 Å². The SMILES string of the molecule is CCOc1ccc(-c2nc(COC(=O)c3cn4ccc(C)cc4n3)cs2)cc1OC. The fourth-order valence-corrected chi connectivity index (χ4v) is 3.78. The van der Waals surface area contributed by atoms with Crippen molar-refractivity contribution in [2.75, 3.05) is 13.7 Å². The molecule has 4 aromatic rings. The van der Waals surface area contributed by atoms with Crippen LogP contribution in [0.25, 0.3) is 16.2 Å². The van der Waals surface area contributed by atoms with Crippen molar-refractivity contribution in [1.29, 1.82) is 0 Å². The first kappa shape index (κ1) is 19.9. The summed E-state index contributed by atoms with van der Waals surface area (Å²) in [6, 6.07) is 9.55. The molecule has 0 unspecified atom stereocenters. The molecule has 0 aliphatic rings. The summed E-state index contributed by atoms with van der Waals surface area (Å²) in [6.45, 7) is 4.55. The van der Waals surface area contributed by atoms with Gasteiger partial charge in [0.15, 0.2) is 17.2 Å². The first-order valence-corrected chi connectivity index (χ1v) is 10.3. The number of hydrogen-bond acceptors (Lipinski definition) is 7. The minimum Gasteiger partial charge on any atom is -0.493 e. The number of ether oxygens (including phenoxy) is 3. The Balaban J connectivity index is 1.44. The van der Waals surface area contributed by atoms with Crippen LogP contribution in [-0.4, -0.2) is 34.1 Å². The van der Waals surface area contributed by atoms with Crippen LogP contribution >= 0.6 is 11.3 Å². The van der Waals surface area contributed by atoms with Gasteiger partial charge in [-0.05, 0) is 49.7 Å². The summed E-state index contributed by atoms with van der Waals surface area (Å²) in [5, 5.41) is 2.68. The van der Waals surface area contributed by atoms with Gasteiger partial charge < -0.3 is 18.6 Å². The van der Waals surface area contributed by atoms with E-state index in [2.05, 4.69) is 9.97 Å². The molecule has 0 fully saturated rings. The predicted molar refractivity (Wildman–Crippen MR) is 114 cm³/mol. The summed E-state index contributed by atoms with van der Waals surface area (Å²) >= 11 is 1.48. The quantitative estimate of drug-likeness (QED) is 0.407. The van der Waals surface area contributed by atoms with Crippen molar-refractivity contribution in [2.45, 2.75) is 20.5 Å². The Labute approximate surface area is 177 Å². The number of carbonyl (C=O) groups is 1. The number of aryl methyl sites for hydroxylation is 1. The van der Waals surface area contributed by atoms with Crippen molar-refractivity contribution in [3.8, 4) is 22.1 Å². The van der Waals surface area contributed by atoms with Gasteiger partial charge >= 0.3 is 5.97 Å². The van der Waals surface area contributed by atoms with Crippen LogP contribution in [0.5, 0.6) is 11.5 Å². The highest BCUT2D eigenvalue weighted by molar-refractivity contribution is 7.13. The van der Waals surface area contributed by atoms with E-state index in [1.807, 2.05) is 55.8 Å². The molecule has 154 valence electrons. The van der Waals surface area contributed by atoms with Gasteiger partial charge in [0.25, 0.3) is 0 Å². The third kappa shape index (κ3) is 4.13. The number of hydrogen-bond donors (Lipinski definition) is 0. The normalized spacial score (nSPS) is 10.9. The summed E-state index contributed by atoms with van der Waals surface area (Å²) in [7, 11) is 1.61. The monoisotopic (exact) mass is 423 g/mol. The van der Waals surface area contributed by atoms with E-state index in [9.17, 15) is 4.79 Å². The zero-order valence-electron chi connectivity index (χ0n) is 16.9. The number of esters is 1. The van der Waals surface area contributed by atoms with Crippen LogP contribution in [0, 0.1) is 6.92 Å². The molecule has 0 atom stereocenters. The summed E-state index contributed by atoms with van der Waals surface area (Å²) in [5.41, 5.74) is 3.65. The Kier molecular flexibility index (Phi) is 5.67. The Bertz CT molecular complexity index is 1200. The highest BCUT2D eigenvalue weighted by Crippen LogP contribution is 2.33. The average Bonchev–Trinajstić information content (AvgIpc) is 3.39. The molecule has 0 amide bonds. The summed E-state index contributed by atoms with van der Waals surface area (Å²) in [5.74, 6) is 0.866. The Morgan fingerprint density at radius 3 is 2.83 bits per heavy atom. The van der Waals surface area contributed by atoms with Gasteiger partial charge in [0.05, 0.1) is 19.4 Å². The van der Waals surface area contributed by atoms with Crippen molar-refractivity contribution >= 4 is 23.0 Å². The minimum absolute atomic E-state index is 0.0798. The van der Waals surface area contributed by atoms with E-state index in [4.69, 9.17) is 14.2 Å². The largest absolute Gasteiger partial charge is 0.493 e. The fourth-order valence-electron chi connectivity index (χ4n) is 2.98. The van der Waals surface area contributed by atoms with Crippen molar-refractivity contribution in [1.82, 2.24) is 14.4 Å². The molecule has 3 heterocycles. The maximum atomic E-state index is 12.4. The number of imidazole rings is 1. The molecule has 8 heteroatoms. The lowest BCUT2D eigenvalue weighted by atomic mass is 10.2. The van der Waals surface area contributed by atoms with Gasteiger partial charge in [-0.2, -0.15) is 0 Å². The molecule has 3 aromatic heterocycles. The van der Waals surface area contributed by atoms with Crippen LogP contribution in [0.15, 0.2) is 48.1 Å². The van der Waals surface area contributed by atoms with Crippen LogP contribution in [0.4, 0.5) is 0 Å². The number of rotatable bonds is 7. The van der Waals surface area contributed by atoms with E-state index in [1.54, 1.807) is 17.7 Å². The maximum absolute atomic E-state index is 12.4. The number of aromatic nitrogens is 3. The van der Waals surface area contributed by atoms with Crippen LogP contribution in [0.2, 0.25) is 0 Å². The van der Waals surface area contributed by atoms with Crippen LogP contribution in [0.1, 0.15) is 28.7 Å². The van der Waals surface area contributed by atoms with E-state index in [-0.39, 0.29) is 12.3 Å². The molecule has 0 N–H and O–H groups in total. The summed E-state index contributed by atoms with van der Waals surface area (Å²) in [4.78, 5) is 21.3. The number of pyridine rings is 1. The van der Waals surface area contributed by atoms with Crippen LogP contribution in [-0.2, 0) is 11.3 Å². The third-order valence-electron chi connectivity index (χ3n) is 4.44. The standard InChI is InChI=1S/C22H21N3O4S/c1-4-28-18-6-5-15(10-19(18)27-3)21-23-16(13-30-21)12-29-22(26)17-11-25-8-7-14(2)9-20(25)24-17/h5-11,13H,4,12H2,1-3H3. The number of methoxy groups -OCH3 is 1. The van der Waals surface area contributed by atoms with E-state index < -0.39 is 5.97 Å². The second-order valence-corrected chi connectivity index (χ2v) is 7.47. The molecule has 0 spiro atoms. The average molecular weight is 423 g/mol. The lowest BCUT2D eigenvalue weighted by Crippen LogP contribution is -2.05. The smallest absolute Gasteiger partial charge is 0.358 e. The zero-order valence-corrected chi connectivity index (χ0v) is 17.7. The minimum atomic E-state index is -0.478. The van der Waals surface area contributed by atoms with Crippen molar-refractivity contribution in [3.63, 3.8) is 0 Å². The topological polar surface area (TPSA) is 75.0 Å². The van der Waals surface area contributed by atoms with Crippen LogP contribution in [0.3, 0.4) is 0 Å². The molecular weight excluding hydrogens is 402 g/mol. The molecule has 30 heavy (non-hydrogen) atoms. The van der Waals surface area contributed by atoms with Crippen molar-refractivity contribution < 1.29 is 19.0 Å². The van der Waals surface area contributed by atoms with Crippen molar-refractivity contribution in [2.24, 2.45) is 0 Å². The molecule has 0 radical (unpaired) electrons. The van der Waals surface area contributed by atoms with Crippen LogP contribution < -0.4 is 9.47 Å². The summed E-state index contributed by atoms with van der Waals surface area (Å²) < 4.78 is 18.2. The Hall–Kier alpha value is -3.39. The number of carbonyl (C=O) groups excluding carboxylic acids is 1. The van der Waals surface area contributed by atoms with E-state index >= 15 is 0 Å². The van der Waals surface area contributed by atoms with Gasteiger partial charge in [0, 0.05) is 23.3 Å². The number of nitrogens with zero attached hydrogens (tertiary/aromatic N) is 3. The molecule has 0 saturated carbocycles. The molecule has 0 saturated heterocycles. The first-order chi connectivity index (χ1) is 14.6. The molecule has 4 rings (SSSR count). The lowest BCUT2D eigenvalue weighted by molar-refractivity contribution is 0.0462. The molecule has 0 aliphatic carbocycles. The Morgan fingerprint density at radius 1 is 1.17 bits per heavy atom. The predicted octanol–water partition coefficient (Wildman–Crippen LogP) is 4.53. The Morgan fingerprint density at radius 2 is 2.03 bits per heavy atom. The van der Waals surface area contributed by atoms with Gasteiger partial charge in [0.2, 0.25) is 0 Å². The molecule has 0 aliphatic heterocycles. The van der Waals surface area contributed by atoms with Gasteiger partial charge in [-0.25, -0.2) is 14.8 Å². The number of thiazole rings is 1. The molecule has 0 bridgehead atoms. The lowest BCUT2D eigenvalue weighted by Gasteiger charge is -2.09. The van der Waals surface area contributed by atoms with E-state index in [0.717, 1.165) is 16.1 Å². The second-order valence-electron chi connectivity index (χ2n) is 6.61. The van der Waals surface area contributed by atoms with Gasteiger partial charge in [-0.15, -0.1) is 11.3 Å². The number of benzene rings is 1. The molecule has 7 nitrogen and oxygen atoms in total. The number of fused-ring (bicyclic) bond motifs is 1. The highest BCUT2D eigenvalue weighted by atomic mass is 32.1. The molecular formula is C22H21N3O4S. The second kappa shape index (κ2) is 8.54. The van der Waals surface area contributed by atoms with Crippen molar-refractivity contribution in [3.05, 3.63) is 65.1 Å². The summed E-state index contributed by atoms with van der Waals surface area (Å²) in [6.07, 6.45) is 3.53. The third-order valence-corrected chi connectivity index (χ3v) is 5.38. The maximum Gasteiger partial charge on any atom is 0.358 e. The fraction of sp³-hybridized carbons (Fsp3) is 0.227. The first-order valence-electron chi connectivity index (χ1n) is 9.45. The highest BCUT2D eigenvalue weighted by Gasteiger charge is 2.15. The molecule has 1 aromatic carbocycles.